The Morgan fingerprint density at radius 1 is 0.451 bits per heavy atom. The summed E-state index contributed by atoms with van der Waals surface area (Å²) in [6.45, 7) is 0. The summed E-state index contributed by atoms with van der Waals surface area (Å²) in [5.41, 5.74) is 8.97. The van der Waals surface area contributed by atoms with Gasteiger partial charge in [0.05, 0.1) is 0 Å². The molecule has 2 atom stereocenters. The summed E-state index contributed by atoms with van der Waals surface area (Å²) in [6, 6.07) is 46.1. The summed E-state index contributed by atoms with van der Waals surface area (Å²) in [5.74, 6) is 2.49. The second kappa shape index (κ2) is 12.0. The van der Waals surface area contributed by atoms with E-state index in [1.54, 1.807) is 0 Å². The van der Waals surface area contributed by atoms with Gasteiger partial charge in [-0.15, -0.1) is 0 Å². The fourth-order valence-corrected chi connectivity index (χ4v) is 7.56. The van der Waals surface area contributed by atoms with Gasteiger partial charge in [0.2, 0.25) is 0 Å². The topological polar surface area (TPSA) is 51.8 Å². The second-order valence-corrected chi connectivity index (χ2v) is 13.1. The van der Waals surface area contributed by atoms with Gasteiger partial charge in [-0.05, 0) is 51.2 Å². The Hall–Kier alpha value is -6.65. The maximum absolute atomic E-state index is 6.43. The molecule has 240 valence electrons. The van der Waals surface area contributed by atoms with Crippen molar-refractivity contribution in [2.75, 3.05) is 0 Å². The zero-order valence-electron chi connectivity index (χ0n) is 27.6. The molecule has 8 aromatic rings. The minimum Gasteiger partial charge on any atom is -0.456 e. The number of benzene rings is 6. The molecule has 0 amide bonds. The number of para-hydroxylation sites is 1. The van der Waals surface area contributed by atoms with Crippen molar-refractivity contribution in [1.82, 2.24) is 15.0 Å². The second-order valence-electron chi connectivity index (χ2n) is 13.1. The van der Waals surface area contributed by atoms with Crippen molar-refractivity contribution in [2.24, 2.45) is 11.8 Å². The molecule has 0 saturated carbocycles. The minimum absolute atomic E-state index is 0.286. The van der Waals surface area contributed by atoms with Gasteiger partial charge >= 0.3 is 0 Å². The standard InChI is InChI=1S/C47H31N3O/c1-2-13-33(14-3-1)45-48-46(34-24-22-32(23-25-34)38-19-10-16-31-12-6-7-17-37(31)38)50-47(49-45)44-39(36-26-21-30-11-4-5-15-35(30)29-36)27-28-42-43(44)40-18-8-9-20-41(40)51-42/h1-30,35H. The molecule has 4 nitrogen and oxygen atoms in total. The highest BCUT2D eigenvalue weighted by molar-refractivity contribution is 6.14. The maximum Gasteiger partial charge on any atom is 0.165 e. The molecule has 0 fully saturated rings. The van der Waals surface area contributed by atoms with Crippen molar-refractivity contribution in [2.45, 2.75) is 0 Å². The summed E-state index contributed by atoms with van der Waals surface area (Å²) in [7, 11) is 0. The number of furan rings is 1. The van der Waals surface area contributed by atoms with Crippen LogP contribution < -0.4 is 0 Å². The van der Waals surface area contributed by atoms with Gasteiger partial charge in [0.25, 0.3) is 0 Å². The van der Waals surface area contributed by atoms with Crippen LogP contribution in [0.3, 0.4) is 0 Å². The SMILES string of the molecule is C1=CC2C=CC(c3ccc4oc5ccccc5c4c3-c3nc(-c4ccccc4)nc(-c4ccc(-c5cccc6ccccc56)cc4)n3)=CC2C=C1. The normalized spacial score (nSPS) is 16.5. The number of hydrogen-bond acceptors (Lipinski definition) is 4. The first-order valence-electron chi connectivity index (χ1n) is 17.4. The number of fused-ring (bicyclic) bond motifs is 5. The Balaban J connectivity index is 1.19. The third-order valence-electron chi connectivity index (χ3n) is 10.1. The zero-order valence-corrected chi connectivity index (χ0v) is 27.6. The summed E-state index contributed by atoms with van der Waals surface area (Å²) in [5, 5.41) is 4.48. The molecule has 2 heterocycles. The molecule has 10 rings (SSSR count). The van der Waals surface area contributed by atoms with Crippen LogP contribution in [-0.4, -0.2) is 15.0 Å². The lowest BCUT2D eigenvalue weighted by Gasteiger charge is -2.24. The van der Waals surface area contributed by atoms with E-state index >= 15 is 0 Å². The van der Waals surface area contributed by atoms with Gasteiger partial charge in [-0.1, -0.05) is 158 Å². The van der Waals surface area contributed by atoms with Crippen LogP contribution in [0.25, 0.3) is 83.6 Å². The van der Waals surface area contributed by atoms with E-state index in [9.17, 15) is 0 Å². The smallest absolute Gasteiger partial charge is 0.165 e. The highest BCUT2D eigenvalue weighted by Crippen LogP contribution is 2.43. The van der Waals surface area contributed by atoms with E-state index in [1.807, 2.05) is 30.3 Å². The van der Waals surface area contributed by atoms with Crippen molar-refractivity contribution in [3.63, 3.8) is 0 Å². The molecule has 0 spiro atoms. The lowest BCUT2D eigenvalue weighted by Crippen LogP contribution is -2.11. The van der Waals surface area contributed by atoms with Crippen LogP contribution in [0, 0.1) is 11.8 Å². The van der Waals surface area contributed by atoms with Crippen LogP contribution in [0.5, 0.6) is 0 Å². The Bertz CT molecular complexity index is 2740. The minimum atomic E-state index is 0.286. The first-order chi connectivity index (χ1) is 25.3. The van der Waals surface area contributed by atoms with Crippen molar-refractivity contribution in [3.8, 4) is 45.3 Å². The molecule has 0 bridgehead atoms. The molecule has 0 N–H and O–H groups in total. The fraction of sp³-hybridized carbons (Fsp3) is 0.0426. The molecule has 0 aliphatic heterocycles. The van der Waals surface area contributed by atoms with E-state index in [1.165, 1.54) is 16.3 Å². The lowest BCUT2D eigenvalue weighted by atomic mass is 9.80. The molecule has 2 aromatic heterocycles. The number of hydrogen-bond donors (Lipinski definition) is 0. The number of allylic oxidation sites excluding steroid dienone is 8. The highest BCUT2D eigenvalue weighted by Gasteiger charge is 2.25. The van der Waals surface area contributed by atoms with E-state index in [-0.39, 0.29) is 5.92 Å². The third-order valence-corrected chi connectivity index (χ3v) is 10.1. The molecule has 0 radical (unpaired) electrons. The van der Waals surface area contributed by atoms with Crippen molar-refractivity contribution < 1.29 is 4.42 Å². The molecule has 51 heavy (non-hydrogen) atoms. The first kappa shape index (κ1) is 29.3. The van der Waals surface area contributed by atoms with Crippen LogP contribution in [0.15, 0.2) is 180 Å². The van der Waals surface area contributed by atoms with E-state index < -0.39 is 0 Å². The number of rotatable bonds is 5. The predicted octanol–water partition coefficient (Wildman–Crippen LogP) is 11.9. The van der Waals surface area contributed by atoms with E-state index in [0.29, 0.717) is 23.4 Å². The van der Waals surface area contributed by atoms with E-state index in [4.69, 9.17) is 19.4 Å². The average molecular weight is 654 g/mol. The quantitative estimate of drug-likeness (QED) is 0.185. The largest absolute Gasteiger partial charge is 0.456 e. The van der Waals surface area contributed by atoms with Crippen LogP contribution in [0.4, 0.5) is 0 Å². The van der Waals surface area contributed by atoms with Crippen LogP contribution in [0.1, 0.15) is 5.56 Å². The Morgan fingerprint density at radius 2 is 1.12 bits per heavy atom. The van der Waals surface area contributed by atoms with Gasteiger partial charge in [0, 0.05) is 39.3 Å². The Labute approximate surface area is 295 Å². The molecule has 0 saturated heterocycles. The van der Waals surface area contributed by atoms with Crippen LogP contribution in [0.2, 0.25) is 0 Å². The molecule has 2 unspecified atom stereocenters. The molecule has 2 aliphatic carbocycles. The Kier molecular flexibility index (Phi) is 6.91. The summed E-state index contributed by atoms with van der Waals surface area (Å²) in [4.78, 5) is 15.6. The Morgan fingerprint density at radius 3 is 1.96 bits per heavy atom. The van der Waals surface area contributed by atoms with Gasteiger partial charge in [-0.2, -0.15) is 0 Å². The van der Waals surface area contributed by atoms with E-state index in [0.717, 1.165) is 55.3 Å². The molecule has 2 aliphatic rings. The van der Waals surface area contributed by atoms with Crippen molar-refractivity contribution in [1.29, 1.82) is 0 Å². The van der Waals surface area contributed by atoms with Gasteiger partial charge < -0.3 is 4.42 Å². The van der Waals surface area contributed by atoms with Crippen molar-refractivity contribution >= 4 is 38.3 Å². The monoisotopic (exact) mass is 653 g/mol. The maximum atomic E-state index is 6.43. The van der Waals surface area contributed by atoms with E-state index in [2.05, 4.69) is 146 Å². The van der Waals surface area contributed by atoms with Crippen molar-refractivity contribution in [3.05, 3.63) is 182 Å². The lowest BCUT2D eigenvalue weighted by molar-refractivity contribution is 0.663. The summed E-state index contributed by atoms with van der Waals surface area (Å²) >= 11 is 0. The molecule has 6 aromatic carbocycles. The molecule has 4 heteroatoms. The number of nitrogens with zero attached hydrogens (tertiary/aromatic N) is 3. The summed E-state index contributed by atoms with van der Waals surface area (Å²) in [6.07, 6.45) is 15.7. The third kappa shape index (κ3) is 5.12. The first-order valence-corrected chi connectivity index (χ1v) is 17.4. The fourth-order valence-electron chi connectivity index (χ4n) is 7.56. The molecular formula is C47H31N3O. The van der Waals surface area contributed by atoms with Gasteiger partial charge in [-0.3, -0.25) is 0 Å². The average Bonchev–Trinajstić information content (AvgIpc) is 3.59. The highest BCUT2D eigenvalue weighted by atomic mass is 16.3. The van der Waals surface area contributed by atoms with Gasteiger partial charge in [-0.25, -0.2) is 15.0 Å². The van der Waals surface area contributed by atoms with Crippen LogP contribution >= 0.6 is 0 Å². The van der Waals surface area contributed by atoms with Crippen LogP contribution in [-0.2, 0) is 0 Å². The predicted molar refractivity (Wildman–Crippen MR) is 209 cm³/mol. The number of aromatic nitrogens is 3. The van der Waals surface area contributed by atoms with Gasteiger partial charge in [0.15, 0.2) is 17.5 Å². The zero-order chi connectivity index (χ0) is 33.7. The van der Waals surface area contributed by atoms with Gasteiger partial charge in [0.1, 0.15) is 11.2 Å². The molecular weight excluding hydrogens is 623 g/mol. The summed E-state index contributed by atoms with van der Waals surface area (Å²) < 4.78 is 6.43.